The Kier molecular flexibility index (Phi) is 6.16. The lowest BCUT2D eigenvalue weighted by molar-refractivity contribution is 0.164. The number of nitrogens with one attached hydrogen (secondary N) is 1. The summed E-state index contributed by atoms with van der Waals surface area (Å²) in [5.74, 6) is 0.747. The van der Waals surface area contributed by atoms with Gasteiger partial charge < -0.3 is 5.32 Å². The zero-order valence-corrected chi connectivity index (χ0v) is 13.8. The summed E-state index contributed by atoms with van der Waals surface area (Å²) < 4.78 is 0. The molecule has 4 heteroatoms. The maximum Gasteiger partial charge on any atom is 0.0465 e. The van der Waals surface area contributed by atoms with Crippen LogP contribution in [-0.2, 0) is 6.54 Å². The summed E-state index contributed by atoms with van der Waals surface area (Å²) in [5.41, 5.74) is 1.17. The molecule has 1 aromatic carbocycles. The highest BCUT2D eigenvalue weighted by atomic mass is 35.5. The van der Waals surface area contributed by atoms with Gasteiger partial charge in [-0.2, -0.15) is 0 Å². The second-order valence-corrected chi connectivity index (χ2v) is 6.89. The first kappa shape index (κ1) is 16.1. The van der Waals surface area contributed by atoms with E-state index in [2.05, 4.69) is 24.1 Å². The molecule has 112 valence electrons. The molecule has 1 saturated heterocycles. The minimum atomic E-state index is 0.566. The number of nitrogens with zero attached hydrogens (tertiary/aromatic N) is 1. The smallest absolute Gasteiger partial charge is 0.0465 e. The van der Waals surface area contributed by atoms with Gasteiger partial charge in [-0.15, -0.1) is 0 Å². The third-order valence-electron chi connectivity index (χ3n) is 3.83. The van der Waals surface area contributed by atoms with Gasteiger partial charge in [0.2, 0.25) is 0 Å². The molecule has 1 fully saturated rings. The van der Waals surface area contributed by atoms with E-state index in [9.17, 15) is 0 Å². The molecule has 2 rings (SSSR count). The highest BCUT2D eigenvalue weighted by Crippen LogP contribution is 2.24. The number of hydrogen-bond acceptors (Lipinski definition) is 2. The van der Waals surface area contributed by atoms with Crippen molar-refractivity contribution >= 4 is 23.2 Å². The molecule has 1 aromatic rings. The molecule has 1 atom stereocenters. The highest BCUT2D eigenvalue weighted by molar-refractivity contribution is 6.35. The lowest BCUT2D eigenvalue weighted by Crippen LogP contribution is -2.40. The fourth-order valence-corrected chi connectivity index (χ4v) is 3.22. The van der Waals surface area contributed by atoms with E-state index >= 15 is 0 Å². The third kappa shape index (κ3) is 4.92. The largest absolute Gasteiger partial charge is 0.314 e. The number of piperidine rings is 1. The Morgan fingerprint density at radius 2 is 2.15 bits per heavy atom. The molecule has 0 saturated carbocycles. The molecule has 20 heavy (non-hydrogen) atoms. The lowest BCUT2D eigenvalue weighted by atomic mass is 9.97. The monoisotopic (exact) mass is 314 g/mol. The van der Waals surface area contributed by atoms with Crippen molar-refractivity contribution in [1.82, 2.24) is 10.2 Å². The van der Waals surface area contributed by atoms with E-state index in [1.165, 1.54) is 18.4 Å². The fourth-order valence-electron chi connectivity index (χ4n) is 2.75. The van der Waals surface area contributed by atoms with Gasteiger partial charge in [-0.3, -0.25) is 4.90 Å². The summed E-state index contributed by atoms with van der Waals surface area (Å²) in [5, 5.41) is 5.03. The second-order valence-electron chi connectivity index (χ2n) is 6.04. The molecule has 0 radical (unpaired) electrons. The maximum atomic E-state index is 6.26. The molecule has 0 aliphatic carbocycles. The fraction of sp³-hybridized carbons (Fsp3) is 0.625. The van der Waals surface area contributed by atoms with Crippen molar-refractivity contribution in [2.45, 2.75) is 39.3 Å². The molecule has 0 spiro atoms. The summed E-state index contributed by atoms with van der Waals surface area (Å²) in [4.78, 5) is 2.51. The van der Waals surface area contributed by atoms with E-state index in [4.69, 9.17) is 23.2 Å². The first-order chi connectivity index (χ1) is 9.54. The van der Waals surface area contributed by atoms with Crippen molar-refractivity contribution in [2.75, 3.05) is 19.6 Å². The minimum absolute atomic E-state index is 0.566. The average Bonchev–Trinajstić information content (AvgIpc) is 2.40. The number of rotatable bonds is 5. The van der Waals surface area contributed by atoms with Gasteiger partial charge >= 0.3 is 0 Å². The molecule has 2 nitrogen and oxygen atoms in total. The van der Waals surface area contributed by atoms with Crippen LogP contribution >= 0.6 is 23.2 Å². The summed E-state index contributed by atoms with van der Waals surface area (Å²) in [6, 6.07) is 6.36. The van der Waals surface area contributed by atoms with Crippen LogP contribution in [0.4, 0.5) is 0 Å². The van der Waals surface area contributed by atoms with Crippen LogP contribution in [0.5, 0.6) is 0 Å². The molecular formula is C16H24Cl2N2. The van der Waals surface area contributed by atoms with Crippen molar-refractivity contribution in [2.24, 2.45) is 5.92 Å². The van der Waals surface area contributed by atoms with Crippen molar-refractivity contribution in [3.05, 3.63) is 33.8 Å². The van der Waals surface area contributed by atoms with E-state index in [1.54, 1.807) is 0 Å². The van der Waals surface area contributed by atoms with Crippen molar-refractivity contribution < 1.29 is 0 Å². The van der Waals surface area contributed by atoms with Crippen LogP contribution in [0.3, 0.4) is 0 Å². The van der Waals surface area contributed by atoms with E-state index in [0.717, 1.165) is 37.1 Å². The molecule has 1 N–H and O–H groups in total. The normalized spacial score (nSPS) is 20.6. The predicted molar refractivity (Wildman–Crippen MR) is 87.6 cm³/mol. The summed E-state index contributed by atoms with van der Waals surface area (Å²) in [6.07, 6.45) is 2.60. The Bertz CT molecular complexity index is 434. The van der Waals surface area contributed by atoms with Gasteiger partial charge in [0, 0.05) is 29.2 Å². The quantitative estimate of drug-likeness (QED) is 0.876. The molecule has 1 heterocycles. The molecule has 0 amide bonds. The predicted octanol–water partition coefficient (Wildman–Crippen LogP) is 4.20. The molecule has 0 aromatic heterocycles. The van der Waals surface area contributed by atoms with Crippen LogP contribution in [0.2, 0.25) is 10.0 Å². The van der Waals surface area contributed by atoms with E-state index in [0.29, 0.717) is 11.1 Å². The van der Waals surface area contributed by atoms with E-state index in [-0.39, 0.29) is 0 Å². The zero-order valence-electron chi connectivity index (χ0n) is 12.3. The summed E-state index contributed by atoms with van der Waals surface area (Å²) in [6.45, 7) is 8.76. The zero-order chi connectivity index (χ0) is 14.5. The summed E-state index contributed by atoms with van der Waals surface area (Å²) in [7, 11) is 0. The Balaban J connectivity index is 1.89. The standard InChI is InChI=1S/C16H24Cl2N2/c1-12(2)19-9-13-4-3-7-20(10-13)11-14-5-6-15(17)8-16(14)18/h5-6,8,12-13,19H,3-4,7,9-11H2,1-2H3. The van der Waals surface area contributed by atoms with Crippen molar-refractivity contribution in [3.63, 3.8) is 0 Å². The molecule has 1 aliphatic rings. The van der Waals surface area contributed by atoms with Crippen LogP contribution in [0, 0.1) is 5.92 Å². The van der Waals surface area contributed by atoms with Gasteiger partial charge in [-0.05, 0) is 49.5 Å². The first-order valence-corrected chi connectivity index (χ1v) is 8.20. The van der Waals surface area contributed by atoms with Crippen LogP contribution in [0.25, 0.3) is 0 Å². The lowest BCUT2D eigenvalue weighted by Gasteiger charge is -2.33. The minimum Gasteiger partial charge on any atom is -0.314 e. The number of likely N-dealkylation sites (tertiary alicyclic amines) is 1. The Labute approximate surface area is 132 Å². The molecule has 1 unspecified atom stereocenters. The molecule has 0 bridgehead atoms. The van der Waals surface area contributed by atoms with Gasteiger partial charge in [0.05, 0.1) is 0 Å². The van der Waals surface area contributed by atoms with Gasteiger partial charge in [-0.25, -0.2) is 0 Å². The Morgan fingerprint density at radius 3 is 2.85 bits per heavy atom. The van der Waals surface area contributed by atoms with Crippen LogP contribution in [0.1, 0.15) is 32.3 Å². The number of halogens is 2. The van der Waals surface area contributed by atoms with Crippen LogP contribution in [-0.4, -0.2) is 30.6 Å². The first-order valence-electron chi connectivity index (χ1n) is 7.44. The molecular weight excluding hydrogens is 291 g/mol. The SMILES string of the molecule is CC(C)NCC1CCCN(Cc2ccc(Cl)cc2Cl)C1. The average molecular weight is 315 g/mol. The summed E-state index contributed by atoms with van der Waals surface area (Å²) >= 11 is 12.2. The van der Waals surface area contributed by atoms with Gasteiger partial charge in [0.25, 0.3) is 0 Å². The Morgan fingerprint density at radius 1 is 1.35 bits per heavy atom. The van der Waals surface area contributed by atoms with Crippen LogP contribution in [0.15, 0.2) is 18.2 Å². The number of hydrogen-bond donors (Lipinski definition) is 1. The maximum absolute atomic E-state index is 6.26. The van der Waals surface area contributed by atoms with Crippen molar-refractivity contribution in [3.8, 4) is 0 Å². The van der Waals surface area contributed by atoms with Gasteiger partial charge in [0.15, 0.2) is 0 Å². The van der Waals surface area contributed by atoms with Crippen LogP contribution < -0.4 is 5.32 Å². The van der Waals surface area contributed by atoms with E-state index in [1.807, 2.05) is 18.2 Å². The van der Waals surface area contributed by atoms with E-state index < -0.39 is 0 Å². The van der Waals surface area contributed by atoms with Gasteiger partial charge in [0.1, 0.15) is 0 Å². The van der Waals surface area contributed by atoms with Crippen molar-refractivity contribution in [1.29, 1.82) is 0 Å². The highest BCUT2D eigenvalue weighted by Gasteiger charge is 2.20. The third-order valence-corrected chi connectivity index (χ3v) is 4.41. The van der Waals surface area contributed by atoms with Gasteiger partial charge in [-0.1, -0.05) is 43.1 Å². The Hall–Kier alpha value is -0.280. The number of benzene rings is 1. The second kappa shape index (κ2) is 7.65. The topological polar surface area (TPSA) is 15.3 Å². The molecule has 1 aliphatic heterocycles.